The first-order chi connectivity index (χ1) is 11.6. The first-order valence-corrected chi connectivity index (χ1v) is 10.9. The van der Waals surface area contributed by atoms with Crippen LogP contribution >= 0.6 is 0 Å². The molecule has 0 aromatic heterocycles. The lowest BCUT2D eigenvalue weighted by Gasteiger charge is -2.22. The number of hydrogen-bond acceptors (Lipinski definition) is 4. The predicted molar refractivity (Wildman–Crippen MR) is 96.8 cm³/mol. The highest BCUT2D eigenvalue weighted by Gasteiger charge is 2.18. The molecule has 1 atom stereocenters. The Labute approximate surface area is 146 Å². The molecule has 2 rings (SSSR count). The van der Waals surface area contributed by atoms with E-state index in [4.69, 9.17) is 4.74 Å². The van der Waals surface area contributed by atoms with Gasteiger partial charge in [-0.2, -0.15) is 0 Å². The highest BCUT2D eigenvalue weighted by atomic mass is 32.2. The van der Waals surface area contributed by atoms with Crippen LogP contribution in [-0.4, -0.2) is 58.5 Å². The fourth-order valence-electron chi connectivity index (χ4n) is 3.12. The Hall–Kier alpha value is -0.860. The van der Waals surface area contributed by atoms with Gasteiger partial charge in [0.1, 0.15) is 0 Å². The number of sulfonamides is 1. The van der Waals surface area contributed by atoms with Gasteiger partial charge in [0.15, 0.2) is 5.96 Å². The average molecular weight is 361 g/mol. The highest BCUT2D eigenvalue weighted by molar-refractivity contribution is 7.89. The predicted octanol–water partition coefficient (Wildman–Crippen LogP) is 0.973. The fraction of sp³-hybridized carbons (Fsp3) is 0.938. The second-order valence-electron chi connectivity index (χ2n) is 6.54. The number of rotatable bonds is 8. The topological polar surface area (TPSA) is 91.8 Å². The number of ether oxygens (including phenoxy) is 1. The largest absolute Gasteiger partial charge is 0.377 e. The third-order valence-corrected chi connectivity index (χ3v) is 5.80. The van der Waals surface area contributed by atoms with Gasteiger partial charge >= 0.3 is 0 Å². The van der Waals surface area contributed by atoms with E-state index in [9.17, 15) is 8.42 Å². The van der Waals surface area contributed by atoms with Crippen LogP contribution in [-0.2, 0) is 14.8 Å². The summed E-state index contributed by atoms with van der Waals surface area (Å²) in [7, 11) is -3.31. The molecule has 0 bridgehead atoms. The Morgan fingerprint density at radius 1 is 1.17 bits per heavy atom. The lowest BCUT2D eigenvalue weighted by molar-refractivity contribution is 0.0200. The minimum absolute atomic E-state index is 0.000953. The molecule has 1 saturated heterocycles. The zero-order chi connectivity index (χ0) is 17.3. The van der Waals surface area contributed by atoms with Gasteiger partial charge in [0, 0.05) is 25.7 Å². The molecule has 1 saturated carbocycles. The van der Waals surface area contributed by atoms with Gasteiger partial charge in [-0.1, -0.05) is 12.8 Å². The van der Waals surface area contributed by atoms with E-state index in [2.05, 4.69) is 20.3 Å². The summed E-state index contributed by atoms with van der Waals surface area (Å²) in [5, 5.41) is 6.57. The van der Waals surface area contributed by atoms with Gasteiger partial charge in [0.05, 0.1) is 18.4 Å². The van der Waals surface area contributed by atoms with Gasteiger partial charge in [-0.25, -0.2) is 13.1 Å². The normalized spacial score (nSPS) is 23.4. The minimum Gasteiger partial charge on any atom is -0.377 e. The van der Waals surface area contributed by atoms with E-state index < -0.39 is 10.0 Å². The van der Waals surface area contributed by atoms with Gasteiger partial charge in [-0.3, -0.25) is 4.99 Å². The van der Waals surface area contributed by atoms with Crippen molar-refractivity contribution in [2.45, 2.75) is 64.0 Å². The Morgan fingerprint density at radius 2 is 1.92 bits per heavy atom. The van der Waals surface area contributed by atoms with Gasteiger partial charge in [-0.15, -0.1) is 0 Å². The smallest absolute Gasteiger partial charge is 0.213 e. The molecular formula is C16H32N4O3S. The molecule has 2 fully saturated rings. The van der Waals surface area contributed by atoms with Crippen molar-refractivity contribution in [3.63, 3.8) is 0 Å². The summed E-state index contributed by atoms with van der Waals surface area (Å²) < 4.78 is 32.4. The third-order valence-electron chi connectivity index (χ3n) is 4.48. The standard InChI is InChI=1S/C16H32N4O3S/c1-2-17-16(20-14-7-3-4-8-14)18-10-12-24(21,22)19-13-15-9-5-6-11-23-15/h14-15,19H,2-13H2,1H3,(H2,17,18,20). The Balaban J connectivity index is 1.73. The van der Waals surface area contributed by atoms with Crippen LogP contribution in [0.2, 0.25) is 0 Å². The van der Waals surface area contributed by atoms with E-state index in [-0.39, 0.29) is 18.4 Å². The zero-order valence-corrected chi connectivity index (χ0v) is 15.5. The van der Waals surface area contributed by atoms with Crippen LogP contribution < -0.4 is 15.4 Å². The van der Waals surface area contributed by atoms with E-state index >= 15 is 0 Å². The minimum atomic E-state index is -3.31. The molecule has 8 heteroatoms. The van der Waals surface area contributed by atoms with Crippen LogP contribution in [0.4, 0.5) is 0 Å². The molecule has 0 amide bonds. The van der Waals surface area contributed by atoms with E-state index in [1.807, 2.05) is 6.92 Å². The summed E-state index contributed by atoms with van der Waals surface area (Å²) in [4.78, 5) is 4.40. The van der Waals surface area contributed by atoms with Crippen LogP contribution in [0.1, 0.15) is 51.9 Å². The monoisotopic (exact) mass is 360 g/mol. The molecule has 1 unspecified atom stereocenters. The van der Waals surface area contributed by atoms with E-state index in [0.29, 0.717) is 12.6 Å². The Morgan fingerprint density at radius 3 is 2.58 bits per heavy atom. The fourth-order valence-corrected chi connectivity index (χ4v) is 4.04. The molecule has 0 aromatic rings. The molecule has 1 heterocycles. The third kappa shape index (κ3) is 7.36. The number of guanidine groups is 1. The number of nitrogens with zero attached hydrogens (tertiary/aromatic N) is 1. The summed E-state index contributed by atoms with van der Waals surface area (Å²) in [6, 6.07) is 0.459. The van der Waals surface area contributed by atoms with Crippen LogP contribution in [0.3, 0.4) is 0 Å². The molecule has 7 nitrogen and oxygen atoms in total. The van der Waals surface area contributed by atoms with Gasteiger partial charge in [-0.05, 0) is 39.0 Å². The number of aliphatic imine (C=N–C) groups is 1. The molecule has 2 aliphatic rings. The van der Waals surface area contributed by atoms with Crippen molar-refractivity contribution in [2.24, 2.45) is 4.99 Å². The summed E-state index contributed by atoms with van der Waals surface area (Å²) in [5.41, 5.74) is 0. The van der Waals surface area contributed by atoms with Crippen LogP contribution in [0.15, 0.2) is 4.99 Å². The summed E-state index contributed by atoms with van der Waals surface area (Å²) in [5.74, 6) is 0.719. The van der Waals surface area contributed by atoms with Gasteiger partial charge in [0.25, 0.3) is 0 Å². The Bertz CT molecular complexity index is 484. The maximum Gasteiger partial charge on any atom is 0.213 e. The van der Waals surface area contributed by atoms with Crippen molar-refractivity contribution in [3.05, 3.63) is 0 Å². The highest BCUT2D eigenvalue weighted by Crippen LogP contribution is 2.17. The van der Waals surface area contributed by atoms with Gasteiger partial charge in [0.2, 0.25) is 10.0 Å². The first-order valence-electron chi connectivity index (χ1n) is 9.23. The van der Waals surface area contributed by atoms with Gasteiger partial charge < -0.3 is 15.4 Å². The van der Waals surface area contributed by atoms with E-state index in [1.165, 1.54) is 12.8 Å². The van der Waals surface area contributed by atoms with Crippen molar-refractivity contribution < 1.29 is 13.2 Å². The first kappa shape index (κ1) is 19.5. The zero-order valence-electron chi connectivity index (χ0n) is 14.7. The molecule has 140 valence electrons. The van der Waals surface area contributed by atoms with E-state index in [1.54, 1.807) is 0 Å². The van der Waals surface area contributed by atoms with Crippen molar-refractivity contribution in [1.82, 2.24) is 15.4 Å². The van der Waals surface area contributed by atoms with Crippen molar-refractivity contribution in [1.29, 1.82) is 0 Å². The average Bonchev–Trinajstić information content (AvgIpc) is 3.07. The second-order valence-corrected chi connectivity index (χ2v) is 8.47. The molecule has 1 aliphatic carbocycles. The lowest BCUT2D eigenvalue weighted by Crippen LogP contribution is -2.43. The molecule has 0 spiro atoms. The quantitative estimate of drug-likeness (QED) is 0.443. The van der Waals surface area contributed by atoms with E-state index in [0.717, 1.165) is 51.2 Å². The number of hydrogen-bond donors (Lipinski definition) is 3. The molecular weight excluding hydrogens is 328 g/mol. The second kappa shape index (κ2) is 10.2. The molecule has 0 aromatic carbocycles. The molecule has 1 aliphatic heterocycles. The maximum atomic E-state index is 12.1. The van der Waals surface area contributed by atoms with Crippen molar-refractivity contribution >= 4 is 16.0 Å². The van der Waals surface area contributed by atoms with Crippen LogP contribution in [0.5, 0.6) is 0 Å². The lowest BCUT2D eigenvalue weighted by atomic mass is 10.1. The number of nitrogens with one attached hydrogen (secondary N) is 3. The Kier molecular flexibility index (Phi) is 8.28. The SMILES string of the molecule is CCNC(=NCCS(=O)(=O)NCC1CCCCO1)NC1CCCC1. The molecule has 24 heavy (non-hydrogen) atoms. The van der Waals surface area contributed by atoms with Crippen molar-refractivity contribution in [3.8, 4) is 0 Å². The van der Waals surface area contributed by atoms with Crippen molar-refractivity contribution in [2.75, 3.05) is 32.0 Å². The summed E-state index contributed by atoms with van der Waals surface area (Å²) in [6.45, 7) is 4.13. The summed E-state index contributed by atoms with van der Waals surface area (Å²) in [6.07, 6.45) is 7.93. The van der Waals surface area contributed by atoms with Crippen LogP contribution in [0.25, 0.3) is 0 Å². The maximum absolute atomic E-state index is 12.1. The molecule has 3 N–H and O–H groups in total. The summed E-state index contributed by atoms with van der Waals surface area (Å²) >= 11 is 0. The van der Waals surface area contributed by atoms with Crippen LogP contribution in [0, 0.1) is 0 Å². The molecule has 0 radical (unpaired) electrons.